The van der Waals surface area contributed by atoms with Gasteiger partial charge in [-0.1, -0.05) is 75.8 Å². The Morgan fingerprint density at radius 3 is 2.25 bits per heavy atom. The summed E-state index contributed by atoms with van der Waals surface area (Å²) in [5, 5.41) is 34.7. The highest BCUT2D eigenvalue weighted by molar-refractivity contribution is 6.39. The van der Waals surface area contributed by atoms with Crippen molar-refractivity contribution in [2.45, 2.75) is 173 Å². The van der Waals surface area contributed by atoms with E-state index in [0.717, 1.165) is 17.6 Å². The Kier molecular flexibility index (Phi) is 19.5. The smallest absolute Gasteiger partial charge is 0.329 e. The number of hydrogen-bond acceptors (Lipinski definition) is 13. The van der Waals surface area contributed by atoms with Crippen molar-refractivity contribution in [1.82, 2.24) is 4.90 Å². The van der Waals surface area contributed by atoms with Crippen LogP contribution < -0.4 is 0 Å². The molecule has 2 saturated heterocycles. The number of benzene rings is 1. The molecular weight excluding hydrogens is 835 g/mol. The zero-order chi connectivity index (χ0) is 47.6. The number of aliphatic hydroxyl groups is 3. The van der Waals surface area contributed by atoms with Crippen molar-refractivity contribution in [2.75, 3.05) is 34.5 Å². The van der Waals surface area contributed by atoms with Crippen molar-refractivity contribution in [1.29, 1.82) is 0 Å². The minimum atomic E-state index is -2.52. The molecule has 3 aliphatic heterocycles. The lowest BCUT2D eigenvalue weighted by molar-refractivity contribution is -0.302. The Morgan fingerprint density at radius 1 is 0.908 bits per heavy atom. The largest absolute Gasteiger partial charge is 0.456 e. The molecule has 4 aliphatic rings. The van der Waals surface area contributed by atoms with Crippen LogP contribution in [-0.2, 0) is 47.6 Å². The number of allylic oxidation sites excluding steroid dienone is 3. The highest BCUT2D eigenvalue weighted by atomic mass is 16.7. The third-order valence-electron chi connectivity index (χ3n) is 14.5. The molecular formula is C51H77NO13. The Morgan fingerprint density at radius 2 is 1.58 bits per heavy atom. The molecule has 2 bridgehead atoms. The summed E-state index contributed by atoms with van der Waals surface area (Å²) in [6, 6.07) is 8.20. The number of hydrogen-bond donors (Lipinski definition) is 3. The van der Waals surface area contributed by atoms with E-state index in [-0.39, 0.29) is 62.2 Å². The summed E-state index contributed by atoms with van der Waals surface area (Å²) in [6.07, 6.45) is 3.42. The van der Waals surface area contributed by atoms with Gasteiger partial charge in [-0.25, -0.2) is 4.79 Å². The number of ketones is 2. The Hall–Kier alpha value is -3.34. The summed E-state index contributed by atoms with van der Waals surface area (Å²) in [5.74, 6) is -7.61. The maximum Gasteiger partial charge on any atom is 0.329 e. The van der Waals surface area contributed by atoms with Crippen molar-refractivity contribution < 1.29 is 62.9 Å². The van der Waals surface area contributed by atoms with E-state index in [1.54, 1.807) is 21.0 Å². The molecule has 15 atom stereocenters. The summed E-state index contributed by atoms with van der Waals surface area (Å²) in [6.45, 7) is 11.4. The van der Waals surface area contributed by atoms with Crippen molar-refractivity contribution >= 4 is 23.4 Å². The zero-order valence-electron chi connectivity index (χ0n) is 40.2. The molecule has 14 heteroatoms. The molecule has 5 rings (SSSR count). The van der Waals surface area contributed by atoms with Crippen LogP contribution >= 0.6 is 0 Å². The minimum absolute atomic E-state index is 0.0171. The van der Waals surface area contributed by atoms with Gasteiger partial charge in [0.15, 0.2) is 0 Å². The number of rotatable bonds is 10. The number of esters is 1. The Labute approximate surface area is 386 Å². The second-order valence-electron chi connectivity index (χ2n) is 19.4. The monoisotopic (exact) mass is 912 g/mol. The molecule has 0 spiro atoms. The molecule has 1 amide bonds. The lowest BCUT2D eigenvalue weighted by atomic mass is 9.81. The number of nitrogens with zero attached hydrogens (tertiary/aromatic N) is 1. The normalized spacial score (nSPS) is 37.1. The molecule has 65 heavy (non-hydrogen) atoms. The fourth-order valence-electron chi connectivity index (χ4n) is 10.6. The van der Waals surface area contributed by atoms with Gasteiger partial charge in [0.25, 0.3) is 11.7 Å². The molecule has 14 nitrogen and oxygen atoms in total. The number of cyclic esters (lactones) is 1. The van der Waals surface area contributed by atoms with Crippen LogP contribution in [0.2, 0.25) is 0 Å². The number of ether oxygens (including phenoxy) is 6. The van der Waals surface area contributed by atoms with E-state index in [1.165, 1.54) is 19.1 Å². The van der Waals surface area contributed by atoms with Crippen LogP contribution in [0.1, 0.15) is 124 Å². The van der Waals surface area contributed by atoms with Crippen LogP contribution in [0.15, 0.2) is 53.6 Å². The van der Waals surface area contributed by atoms with Gasteiger partial charge < -0.3 is 48.6 Å². The van der Waals surface area contributed by atoms with Crippen molar-refractivity contribution in [3.05, 3.63) is 59.2 Å². The average molecular weight is 912 g/mol. The second kappa shape index (κ2) is 24.1. The molecule has 1 saturated carbocycles. The number of amides is 1. The third kappa shape index (κ3) is 13.0. The van der Waals surface area contributed by atoms with Gasteiger partial charge in [0.05, 0.1) is 37.1 Å². The van der Waals surface area contributed by atoms with E-state index >= 15 is 0 Å². The number of methoxy groups -OCH3 is 3. The first kappa shape index (κ1) is 52.6. The number of carbonyl (C=O) groups excluding carboxylic acids is 4. The lowest BCUT2D eigenvalue weighted by Crippen LogP contribution is -2.64. The maximum atomic E-state index is 14.5. The quantitative estimate of drug-likeness (QED) is 0.136. The summed E-state index contributed by atoms with van der Waals surface area (Å²) >= 11 is 0. The van der Waals surface area contributed by atoms with Crippen molar-refractivity contribution in [2.24, 2.45) is 29.6 Å². The molecule has 1 aromatic carbocycles. The zero-order valence-corrected chi connectivity index (χ0v) is 40.2. The standard InChI is InChI=1S/C51H77NO13/c1-10-36-23-30(2)22-31(3)24-44(61-8)47-45(62-9)26-33(5)51(59,65-47)48(56)49(57)52-21-15-14-18-38(52)50(58)64-46(34(6)39(53)28-40(36)54)32(4)25-35-19-20-42(43(27-35)60-7)63-29-41(55)37-16-12-11-13-17-37/h11-13,16-17,23,25,31,33-36,38-39,41-47,53,55,59H,10,14-15,18-22,24,26-29H2,1-9H3. The first-order valence-corrected chi connectivity index (χ1v) is 23.9. The SMILES string of the molecule is CCC1C=C(C)CC(C)CC(OC)C2OC(O)(C(=O)C(=O)N3CCCCC3C(=O)OC(C(C)=CC3CCC(OCC(O)c4ccccc4)C(OC)C3)C(C)C(O)CC1=O)C(C)CC2OC. The van der Waals surface area contributed by atoms with Gasteiger partial charge in [0.1, 0.15) is 30.1 Å². The highest BCUT2D eigenvalue weighted by Crippen LogP contribution is 2.39. The van der Waals surface area contributed by atoms with E-state index in [4.69, 9.17) is 28.4 Å². The number of fused-ring (bicyclic) bond motifs is 3. The number of Topliss-reactive ketones (excluding diaryl/α,β-unsaturated/α-hetero) is 2. The molecule has 0 radical (unpaired) electrons. The maximum absolute atomic E-state index is 14.5. The van der Waals surface area contributed by atoms with E-state index in [2.05, 4.69) is 6.92 Å². The van der Waals surface area contributed by atoms with Gasteiger partial charge in [-0.2, -0.15) is 0 Å². The summed E-state index contributed by atoms with van der Waals surface area (Å²) in [7, 11) is 4.70. The predicted molar refractivity (Wildman–Crippen MR) is 243 cm³/mol. The van der Waals surface area contributed by atoms with Crippen LogP contribution in [0.3, 0.4) is 0 Å². The first-order valence-electron chi connectivity index (χ1n) is 23.9. The Bertz CT molecular complexity index is 1800. The fourth-order valence-corrected chi connectivity index (χ4v) is 10.6. The number of carbonyl (C=O) groups is 4. The fraction of sp³-hybridized carbons (Fsp3) is 0.725. The number of aliphatic hydroxyl groups excluding tert-OH is 2. The minimum Gasteiger partial charge on any atom is -0.456 e. The van der Waals surface area contributed by atoms with Crippen LogP contribution in [0.25, 0.3) is 0 Å². The highest BCUT2D eigenvalue weighted by Gasteiger charge is 2.56. The summed E-state index contributed by atoms with van der Waals surface area (Å²) in [5.41, 5.74) is 2.43. The molecule has 3 N–H and O–H groups in total. The summed E-state index contributed by atoms with van der Waals surface area (Å²) < 4.78 is 36.5. The molecule has 3 heterocycles. The van der Waals surface area contributed by atoms with Gasteiger partial charge >= 0.3 is 5.97 Å². The molecule has 1 aromatic rings. The molecule has 0 aromatic heterocycles. The van der Waals surface area contributed by atoms with Crippen LogP contribution in [0.5, 0.6) is 0 Å². The first-order chi connectivity index (χ1) is 30.9. The van der Waals surface area contributed by atoms with Crippen LogP contribution in [0.4, 0.5) is 0 Å². The van der Waals surface area contributed by atoms with E-state index in [9.17, 15) is 34.5 Å². The van der Waals surface area contributed by atoms with E-state index < -0.39 is 83.9 Å². The Balaban J connectivity index is 1.45. The van der Waals surface area contributed by atoms with E-state index in [1.807, 2.05) is 63.3 Å². The lowest BCUT2D eigenvalue weighted by Gasteiger charge is -2.47. The summed E-state index contributed by atoms with van der Waals surface area (Å²) in [4.78, 5) is 58.3. The molecule has 1 aliphatic carbocycles. The van der Waals surface area contributed by atoms with Crippen LogP contribution in [0, 0.1) is 29.6 Å². The van der Waals surface area contributed by atoms with Crippen molar-refractivity contribution in [3.8, 4) is 0 Å². The van der Waals surface area contributed by atoms with E-state index in [0.29, 0.717) is 50.5 Å². The van der Waals surface area contributed by atoms with Gasteiger partial charge in [-0.3, -0.25) is 14.4 Å². The topological polar surface area (TPSA) is 188 Å². The molecule has 364 valence electrons. The van der Waals surface area contributed by atoms with Gasteiger partial charge in [0, 0.05) is 52.0 Å². The third-order valence-corrected chi connectivity index (χ3v) is 14.5. The second-order valence-corrected chi connectivity index (χ2v) is 19.4. The van der Waals surface area contributed by atoms with Gasteiger partial charge in [-0.15, -0.1) is 0 Å². The number of piperidine rings is 1. The van der Waals surface area contributed by atoms with Crippen molar-refractivity contribution in [3.63, 3.8) is 0 Å². The predicted octanol–water partition coefficient (Wildman–Crippen LogP) is 6.23. The average Bonchev–Trinajstić information content (AvgIpc) is 3.30. The molecule has 3 fully saturated rings. The molecule has 15 unspecified atom stereocenters. The van der Waals surface area contributed by atoms with Gasteiger partial charge in [0.2, 0.25) is 5.79 Å². The van der Waals surface area contributed by atoms with Gasteiger partial charge in [-0.05, 0) is 101 Å². The van der Waals surface area contributed by atoms with Crippen LogP contribution in [-0.4, -0.2) is 133 Å².